The Labute approximate surface area is 103 Å². The summed E-state index contributed by atoms with van der Waals surface area (Å²) in [7, 11) is 0. The van der Waals surface area contributed by atoms with E-state index < -0.39 is 11.8 Å². The Kier molecular flexibility index (Phi) is 4.71. The number of rotatable bonds is 4. The van der Waals surface area contributed by atoms with Crippen molar-refractivity contribution in [2.24, 2.45) is 0 Å². The summed E-state index contributed by atoms with van der Waals surface area (Å²) in [5.74, 6) is -1.08. The molecule has 1 heterocycles. The second kappa shape index (κ2) is 5.82. The summed E-state index contributed by atoms with van der Waals surface area (Å²) in [5.41, 5.74) is 0.0270. The fraction of sp³-hybridized carbons (Fsp3) is 0.300. The molecule has 0 radical (unpaired) electrons. The number of nitrogens with zero attached hydrogens (tertiary/aromatic N) is 1. The number of hydrogen-bond acceptors (Lipinski definition) is 4. The predicted molar refractivity (Wildman–Crippen MR) is 59.8 cm³/mol. The minimum atomic E-state index is -0.597. The topological polar surface area (TPSA) is 56.3 Å². The summed E-state index contributed by atoms with van der Waals surface area (Å²) < 4.78 is 4.64. The van der Waals surface area contributed by atoms with Crippen molar-refractivity contribution < 1.29 is 14.3 Å². The molecule has 1 rings (SSSR count). The second-order valence-electron chi connectivity index (χ2n) is 2.89. The molecule has 0 atom stereocenters. The number of Topliss-reactive ketones (excluding diaryl/α,β-unsaturated/α-hetero) is 1. The molecule has 0 spiro atoms. The van der Waals surface area contributed by atoms with E-state index in [1.165, 1.54) is 12.3 Å². The van der Waals surface area contributed by atoms with Gasteiger partial charge >= 0.3 is 5.97 Å². The maximum absolute atomic E-state index is 11.6. The van der Waals surface area contributed by atoms with Crippen molar-refractivity contribution in [2.75, 3.05) is 6.61 Å². The predicted octanol–water partition coefficient (Wildman–Crippen LogP) is 2.52. The molecule has 0 bridgehead atoms. The minimum Gasteiger partial charge on any atom is -0.466 e. The quantitative estimate of drug-likeness (QED) is 0.475. The summed E-state index contributed by atoms with van der Waals surface area (Å²) in [6, 6.07) is 1.40. The number of carbonyl (C=O) groups excluding carboxylic acids is 2. The monoisotopic (exact) mass is 261 g/mol. The first-order chi connectivity index (χ1) is 7.54. The van der Waals surface area contributed by atoms with Crippen LogP contribution in [0.4, 0.5) is 0 Å². The van der Waals surface area contributed by atoms with Crippen LogP contribution >= 0.6 is 23.2 Å². The fourth-order valence-electron chi connectivity index (χ4n) is 1.05. The van der Waals surface area contributed by atoms with Gasteiger partial charge in [-0.25, -0.2) is 4.98 Å². The first-order valence-corrected chi connectivity index (χ1v) is 5.30. The van der Waals surface area contributed by atoms with Gasteiger partial charge in [-0.2, -0.15) is 0 Å². The van der Waals surface area contributed by atoms with Crippen LogP contribution in [-0.2, 0) is 9.53 Å². The van der Waals surface area contributed by atoms with E-state index in [1.807, 2.05) is 0 Å². The smallest absolute Gasteiger partial charge is 0.313 e. The minimum absolute atomic E-state index is 0.0270. The van der Waals surface area contributed by atoms with E-state index in [0.717, 1.165) is 0 Å². The lowest BCUT2D eigenvalue weighted by molar-refractivity contribution is -0.141. The van der Waals surface area contributed by atoms with E-state index in [4.69, 9.17) is 23.2 Å². The Morgan fingerprint density at radius 1 is 1.44 bits per heavy atom. The standard InChI is InChI=1S/C10H9Cl2NO3/c1-2-16-9(15)4-8(14)10-7(12)3-6(11)5-13-10/h3,5H,2,4H2,1H3. The maximum Gasteiger partial charge on any atom is 0.313 e. The molecule has 0 saturated carbocycles. The van der Waals surface area contributed by atoms with Gasteiger partial charge in [0.1, 0.15) is 12.1 Å². The number of ketones is 1. The lowest BCUT2D eigenvalue weighted by atomic mass is 10.2. The molecule has 6 heteroatoms. The van der Waals surface area contributed by atoms with Crippen LogP contribution in [0.15, 0.2) is 12.3 Å². The highest BCUT2D eigenvalue weighted by atomic mass is 35.5. The van der Waals surface area contributed by atoms with Crippen molar-refractivity contribution in [1.29, 1.82) is 0 Å². The molecule has 0 N–H and O–H groups in total. The molecular weight excluding hydrogens is 253 g/mol. The van der Waals surface area contributed by atoms with Crippen molar-refractivity contribution in [2.45, 2.75) is 13.3 Å². The van der Waals surface area contributed by atoms with E-state index >= 15 is 0 Å². The van der Waals surface area contributed by atoms with Gasteiger partial charge in [0.25, 0.3) is 0 Å². The van der Waals surface area contributed by atoms with Crippen LogP contribution in [0.1, 0.15) is 23.8 Å². The van der Waals surface area contributed by atoms with E-state index in [2.05, 4.69) is 9.72 Å². The molecule has 1 aromatic rings. The van der Waals surface area contributed by atoms with Gasteiger partial charge in [-0.1, -0.05) is 23.2 Å². The summed E-state index contributed by atoms with van der Waals surface area (Å²) in [5, 5.41) is 0.458. The lowest BCUT2D eigenvalue weighted by Crippen LogP contribution is -2.12. The summed E-state index contributed by atoms with van der Waals surface area (Å²) in [4.78, 5) is 26.4. The van der Waals surface area contributed by atoms with Gasteiger partial charge in [0.05, 0.1) is 16.7 Å². The molecule has 0 aliphatic heterocycles. The third-order valence-electron chi connectivity index (χ3n) is 1.68. The zero-order valence-electron chi connectivity index (χ0n) is 8.50. The average molecular weight is 262 g/mol. The number of ether oxygens (including phenoxy) is 1. The number of halogens is 2. The van der Waals surface area contributed by atoms with E-state index in [-0.39, 0.29) is 23.7 Å². The average Bonchev–Trinajstić information content (AvgIpc) is 2.17. The third-order valence-corrected chi connectivity index (χ3v) is 2.18. The highest BCUT2D eigenvalue weighted by molar-refractivity contribution is 6.36. The molecule has 0 unspecified atom stereocenters. The van der Waals surface area contributed by atoms with E-state index in [0.29, 0.717) is 5.02 Å². The fourth-order valence-corrected chi connectivity index (χ4v) is 1.53. The zero-order chi connectivity index (χ0) is 12.1. The maximum atomic E-state index is 11.6. The Bertz CT molecular complexity index is 421. The van der Waals surface area contributed by atoms with Crippen LogP contribution in [0.25, 0.3) is 0 Å². The van der Waals surface area contributed by atoms with Crippen LogP contribution in [0.5, 0.6) is 0 Å². The van der Waals surface area contributed by atoms with Crippen LogP contribution in [0.3, 0.4) is 0 Å². The molecule has 0 aliphatic carbocycles. The normalized spacial score (nSPS) is 9.94. The van der Waals surface area contributed by atoms with Gasteiger partial charge in [-0.3, -0.25) is 9.59 Å². The van der Waals surface area contributed by atoms with Gasteiger partial charge in [0.15, 0.2) is 5.78 Å². The number of carbonyl (C=O) groups is 2. The molecule has 0 amide bonds. The Hall–Kier alpha value is -1.13. The van der Waals surface area contributed by atoms with Gasteiger partial charge < -0.3 is 4.74 Å². The number of pyridine rings is 1. The molecule has 16 heavy (non-hydrogen) atoms. The third kappa shape index (κ3) is 3.47. The van der Waals surface area contributed by atoms with Gasteiger partial charge in [0, 0.05) is 6.20 Å². The Balaban J connectivity index is 2.77. The first-order valence-electron chi connectivity index (χ1n) is 4.54. The SMILES string of the molecule is CCOC(=O)CC(=O)c1ncc(Cl)cc1Cl. The highest BCUT2D eigenvalue weighted by Gasteiger charge is 2.17. The lowest BCUT2D eigenvalue weighted by Gasteiger charge is -2.03. The second-order valence-corrected chi connectivity index (χ2v) is 3.73. The van der Waals surface area contributed by atoms with Crippen molar-refractivity contribution in [3.8, 4) is 0 Å². The molecule has 0 aliphatic rings. The molecule has 0 saturated heterocycles. The molecule has 0 fully saturated rings. The van der Waals surface area contributed by atoms with Gasteiger partial charge in [0.2, 0.25) is 0 Å². The van der Waals surface area contributed by atoms with E-state index in [1.54, 1.807) is 6.92 Å². The van der Waals surface area contributed by atoms with Crippen LogP contribution in [0, 0.1) is 0 Å². The van der Waals surface area contributed by atoms with E-state index in [9.17, 15) is 9.59 Å². The molecule has 1 aromatic heterocycles. The van der Waals surface area contributed by atoms with Gasteiger partial charge in [-0.15, -0.1) is 0 Å². The molecule has 4 nitrogen and oxygen atoms in total. The summed E-state index contributed by atoms with van der Waals surface area (Å²) in [6.07, 6.45) is 0.925. The Morgan fingerprint density at radius 3 is 2.69 bits per heavy atom. The Morgan fingerprint density at radius 2 is 2.12 bits per heavy atom. The van der Waals surface area contributed by atoms with Crippen molar-refractivity contribution in [3.63, 3.8) is 0 Å². The molecular formula is C10H9Cl2NO3. The largest absolute Gasteiger partial charge is 0.466 e. The number of hydrogen-bond donors (Lipinski definition) is 0. The van der Waals surface area contributed by atoms with Crippen molar-refractivity contribution in [1.82, 2.24) is 4.98 Å². The van der Waals surface area contributed by atoms with Crippen LogP contribution < -0.4 is 0 Å². The van der Waals surface area contributed by atoms with Crippen molar-refractivity contribution in [3.05, 3.63) is 28.0 Å². The first kappa shape index (κ1) is 12.9. The highest BCUT2D eigenvalue weighted by Crippen LogP contribution is 2.19. The van der Waals surface area contributed by atoms with Crippen LogP contribution in [0.2, 0.25) is 10.0 Å². The van der Waals surface area contributed by atoms with Crippen molar-refractivity contribution >= 4 is 35.0 Å². The molecule has 86 valence electrons. The number of aromatic nitrogens is 1. The summed E-state index contributed by atoms with van der Waals surface area (Å²) >= 11 is 11.4. The zero-order valence-corrected chi connectivity index (χ0v) is 10.0. The van der Waals surface area contributed by atoms with Gasteiger partial charge in [-0.05, 0) is 13.0 Å². The van der Waals surface area contributed by atoms with Crippen LogP contribution in [-0.4, -0.2) is 23.3 Å². The summed E-state index contributed by atoms with van der Waals surface area (Å²) in [6.45, 7) is 1.89. The number of esters is 1. The molecule has 0 aromatic carbocycles.